The minimum absolute atomic E-state index is 0.266. The molecule has 0 bridgehead atoms. The van der Waals surface area contributed by atoms with Gasteiger partial charge in [-0.05, 0) is 42.0 Å². The molecule has 2 aromatic heterocycles. The number of morpholine rings is 1. The van der Waals surface area contributed by atoms with Crippen molar-refractivity contribution in [3.05, 3.63) is 72.7 Å². The number of aromatic nitrogens is 3. The van der Waals surface area contributed by atoms with Crippen LogP contribution < -0.4 is 15.8 Å². The van der Waals surface area contributed by atoms with Crippen LogP contribution in [0, 0.1) is 5.92 Å². The van der Waals surface area contributed by atoms with Gasteiger partial charge in [0, 0.05) is 44.0 Å². The molecular formula is C31H36N6O4. The summed E-state index contributed by atoms with van der Waals surface area (Å²) in [4.78, 5) is 23.3. The number of carbonyl (C=O) groups excluding carboxylic acids is 1. The number of nitrogens with two attached hydrogens (primary N) is 1. The van der Waals surface area contributed by atoms with Gasteiger partial charge in [-0.3, -0.25) is 4.90 Å². The van der Waals surface area contributed by atoms with Gasteiger partial charge in [0.1, 0.15) is 36.8 Å². The van der Waals surface area contributed by atoms with Gasteiger partial charge in [-0.1, -0.05) is 42.5 Å². The topological polar surface area (TPSA) is 117 Å². The summed E-state index contributed by atoms with van der Waals surface area (Å²) in [5, 5.41) is 3.77. The second-order valence-corrected chi connectivity index (χ2v) is 10.7. The second-order valence-electron chi connectivity index (χ2n) is 10.7. The largest absolute Gasteiger partial charge is 0.489 e. The number of alkyl carbamates (subject to hydrolysis) is 1. The fraction of sp³-hybridized carbons (Fsp3) is 0.387. The quantitative estimate of drug-likeness (QED) is 0.298. The van der Waals surface area contributed by atoms with Gasteiger partial charge in [0.2, 0.25) is 0 Å². The molecule has 1 saturated carbocycles. The van der Waals surface area contributed by atoms with Gasteiger partial charge >= 0.3 is 6.09 Å². The lowest BCUT2D eigenvalue weighted by atomic mass is 9.80. The minimum atomic E-state index is -0.356. The van der Waals surface area contributed by atoms with E-state index in [9.17, 15) is 4.79 Å². The zero-order valence-electron chi connectivity index (χ0n) is 23.1. The van der Waals surface area contributed by atoms with Crippen molar-refractivity contribution in [3.63, 3.8) is 0 Å². The first-order chi connectivity index (χ1) is 20.1. The van der Waals surface area contributed by atoms with E-state index in [2.05, 4.69) is 37.0 Å². The Morgan fingerprint density at radius 1 is 1.07 bits per heavy atom. The smallest absolute Gasteiger partial charge is 0.407 e. The van der Waals surface area contributed by atoms with E-state index in [-0.39, 0.29) is 12.1 Å². The normalized spacial score (nSPS) is 19.0. The molecule has 1 aliphatic heterocycles. The molecule has 4 aromatic rings. The van der Waals surface area contributed by atoms with Crippen LogP contribution in [0.15, 0.2) is 67.1 Å². The van der Waals surface area contributed by atoms with E-state index in [1.165, 1.54) is 6.33 Å². The average Bonchev–Trinajstić information content (AvgIpc) is 3.37. The summed E-state index contributed by atoms with van der Waals surface area (Å²) in [6.07, 6.45) is 5.15. The van der Waals surface area contributed by atoms with Crippen LogP contribution in [0.3, 0.4) is 0 Å². The lowest BCUT2D eigenvalue weighted by Crippen LogP contribution is -2.40. The van der Waals surface area contributed by atoms with E-state index < -0.39 is 0 Å². The van der Waals surface area contributed by atoms with E-state index in [0.29, 0.717) is 31.5 Å². The zero-order valence-corrected chi connectivity index (χ0v) is 23.1. The van der Waals surface area contributed by atoms with E-state index in [1.807, 2.05) is 48.5 Å². The first-order valence-corrected chi connectivity index (χ1v) is 14.2. The highest BCUT2D eigenvalue weighted by atomic mass is 16.5. The van der Waals surface area contributed by atoms with Crippen molar-refractivity contribution in [1.29, 1.82) is 0 Å². The van der Waals surface area contributed by atoms with Gasteiger partial charge in [0.25, 0.3) is 0 Å². The van der Waals surface area contributed by atoms with E-state index in [4.69, 9.17) is 19.9 Å². The zero-order chi connectivity index (χ0) is 28.0. The van der Waals surface area contributed by atoms with Crippen molar-refractivity contribution in [1.82, 2.24) is 24.8 Å². The molecule has 214 valence electrons. The number of anilines is 1. The molecule has 0 spiro atoms. The van der Waals surface area contributed by atoms with Gasteiger partial charge in [0.05, 0.1) is 18.6 Å². The van der Waals surface area contributed by atoms with Crippen LogP contribution >= 0.6 is 0 Å². The van der Waals surface area contributed by atoms with Crippen LogP contribution in [0.25, 0.3) is 22.2 Å². The third-order valence-electron chi connectivity index (χ3n) is 7.92. The van der Waals surface area contributed by atoms with E-state index in [1.54, 1.807) is 0 Å². The van der Waals surface area contributed by atoms with Crippen molar-refractivity contribution in [2.75, 3.05) is 51.7 Å². The molecule has 2 fully saturated rings. The number of benzene rings is 2. The number of amides is 1. The van der Waals surface area contributed by atoms with Crippen molar-refractivity contribution < 1.29 is 19.0 Å². The fourth-order valence-electron chi connectivity index (χ4n) is 5.57. The number of hydrogen-bond acceptors (Lipinski definition) is 8. The fourth-order valence-corrected chi connectivity index (χ4v) is 5.57. The molecule has 0 radical (unpaired) electrons. The lowest BCUT2D eigenvalue weighted by Gasteiger charge is -2.36. The summed E-state index contributed by atoms with van der Waals surface area (Å²) in [5.41, 5.74) is 10.3. The van der Waals surface area contributed by atoms with Crippen molar-refractivity contribution in [3.8, 4) is 16.9 Å². The number of fused-ring (bicyclic) bond motifs is 1. The number of nitrogens with zero attached hydrogens (tertiary/aromatic N) is 4. The molecule has 0 unspecified atom stereocenters. The molecular weight excluding hydrogens is 520 g/mol. The van der Waals surface area contributed by atoms with E-state index >= 15 is 0 Å². The minimum Gasteiger partial charge on any atom is -0.489 e. The average molecular weight is 557 g/mol. The van der Waals surface area contributed by atoms with Crippen molar-refractivity contribution in [2.45, 2.75) is 25.5 Å². The van der Waals surface area contributed by atoms with Gasteiger partial charge in [-0.15, -0.1) is 0 Å². The first kappa shape index (κ1) is 27.0. The summed E-state index contributed by atoms with van der Waals surface area (Å²) >= 11 is 0. The van der Waals surface area contributed by atoms with Gasteiger partial charge < -0.3 is 29.8 Å². The number of nitrogens with one attached hydrogen (secondary N) is 1. The van der Waals surface area contributed by atoms with Crippen LogP contribution in [-0.4, -0.2) is 71.5 Å². The highest BCUT2D eigenvalue weighted by Crippen LogP contribution is 2.43. The molecule has 0 atom stereocenters. The molecule has 10 nitrogen and oxygen atoms in total. The van der Waals surface area contributed by atoms with Crippen LogP contribution in [0.5, 0.6) is 5.75 Å². The predicted molar refractivity (Wildman–Crippen MR) is 157 cm³/mol. The highest BCUT2D eigenvalue weighted by Gasteiger charge is 2.33. The van der Waals surface area contributed by atoms with Gasteiger partial charge in [-0.2, -0.15) is 0 Å². The van der Waals surface area contributed by atoms with Crippen LogP contribution in [0.2, 0.25) is 0 Å². The van der Waals surface area contributed by atoms with Crippen LogP contribution in [0.4, 0.5) is 10.6 Å². The molecule has 10 heteroatoms. The maximum Gasteiger partial charge on any atom is 0.407 e. The summed E-state index contributed by atoms with van der Waals surface area (Å²) < 4.78 is 19.0. The maximum atomic E-state index is 12.2. The lowest BCUT2D eigenvalue weighted by molar-refractivity contribution is 0.0279. The van der Waals surface area contributed by atoms with Crippen molar-refractivity contribution in [2.24, 2.45) is 5.92 Å². The Morgan fingerprint density at radius 3 is 2.73 bits per heavy atom. The van der Waals surface area contributed by atoms with Gasteiger partial charge in [0.15, 0.2) is 0 Å². The predicted octanol–water partition coefficient (Wildman–Crippen LogP) is 4.27. The molecule has 1 amide bonds. The summed E-state index contributed by atoms with van der Waals surface area (Å²) in [7, 11) is 0. The van der Waals surface area contributed by atoms with Gasteiger partial charge in [-0.25, -0.2) is 14.8 Å². The second kappa shape index (κ2) is 12.6. The van der Waals surface area contributed by atoms with Crippen LogP contribution in [0.1, 0.15) is 24.4 Å². The molecule has 1 saturated heterocycles. The first-order valence-electron chi connectivity index (χ1n) is 14.2. The Morgan fingerprint density at radius 2 is 1.90 bits per heavy atom. The molecule has 41 heavy (non-hydrogen) atoms. The Kier molecular flexibility index (Phi) is 8.29. The Labute approximate surface area is 239 Å². The van der Waals surface area contributed by atoms with Crippen LogP contribution in [-0.2, 0) is 16.1 Å². The summed E-state index contributed by atoms with van der Waals surface area (Å²) in [5.74, 6) is 1.62. The molecule has 2 aromatic carbocycles. The third-order valence-corrected chi connectivity index (χ3v) is 7.92. The summed E-state index contributed by atoms with van der Waals surface area (Å²) in [6.45, 7) is 5.45. The SMILES string of the molecule is Nc1ncnc2c1c(-c1cccc(OCc3ccccc3)c1)cn2[C@H]1C[C@H](CNC(=O)OCCN2CCOCC2)C1. The molecule has 2 aliphatic rings. The molecule has 3 heterocycles. The van der Waals surface area contributed by atoms with E-state index in [0.717, 1.165) is 79.2 Å². The molecule has 3 N–H and O–H groups in total. The third kappa shape index (κ3) is 6.44. The maximum absolute atomic E-state index is 12.2. The number of nitrogen functional groups attached to an aromatic ring is 1. The van der Waals surface area contributed by atoms with Crippen molar-refractivity contribution >= 4 is 22.9 Å². The summed E-state index contributed by atoms with van der Waals surface area (Å²) in [6, 6.07) is 18.4. The Hall–Kier alpha value is -4.15. The molecule has 6 rings (SSSR count). The molecule has 1 aliphatic carbocycles. The monoisotopic (exact) mass is 556 g/mol. The number of carbonyl (C=O) groups is 1. The highest BCUT2D eigenvalue weighted by molar-refractivity contribution is 6.00. The Bertz CT molecular complexity index is 1460. The Balaban J connectivity index is 1.07. The number of hydrogen-bond donors (Lipinski definition) is 2. The number of ether oxygens (including phenoxy) is 3. The standard InChI is InChI=1S/C31H36N6O4/c32-29-28-27(24-7-4-8-26(17-24)41-20-22-5-2-1-3-6-22)19-37(30(28)35-21-34-29)25-15-23(16-25)18-33-31(38)40-14-11-36-9-12-39-13-10-36/h1-8,17,19,21,23,25H,9-16,18,20H2,(H,33,38)(H2,32,34,35)/t23-,25-. The number of rotatable bonds is 10.